The van der Waals surface area contributed by atoms with Crippen LogP contribution in [-0.4, -0.2) is 89.2 Å². The number of rotatable bonds is 8. The molecule has 2 aliphatic heterocycles. The molecule has 1 aromatic heterocycles. The number of ether oxygens (including phenoxy) is 2. The van der Waals surface area contributed by atoms with Crippen LogP contribution in [0.3, 0.4) is 0 Å². The number of carbonyl (C=O) groups excluding carboxylic acids is 7. The highest BCUT2D eigenvalue weighted by Gasteiger charge is 2.66. The summed E-state index contributed by atoms with van der Waals surface area (Å²) < 4.78 is 9.29. The number of hydrogen-bond acceptors (Lipinski definition) is 10. The number of pyridine rings is 1. The van der Waals surface area contributed by atoms with E-state index in [9.17, 15) is 33.6 Å². The van der Waals surface area contributed by atoms with Crippen molar-refractivity contribution in [2.75, 3.05) is 27.3 Å². The number of nitrogens with one attached hydrogen (secondary N) is 2. The summed E-state index contributed by atoms with van der Waals surface area (Å²) in [6.07, 6.45) is 2.16. The van der Waals surface area contributed by atoms with E-state index in [2.05, 4.69) is 25.1 Å². The molecule has 0 aromatic carbocycles. The second-order valence-electron chi connectivity index (χ2n) is 10.4. The van der Waals surface area contributed by atoms with Gasteiger partial charge in [0, 0.05) is 17.7 Å². The molecular weight excluding hydrogens is 550 g/mol. The minimum atomic E-state index is -2.05. The smallest absolute Gasteiger partial charge is 0.325 e. The maximum atomic E-state index is 14.0. The number of aromatic nitrogens is 1. The van der Waals surface area contributed by atoms with Gasteiger partial charge in [0.1, 0.15) is 18.6 Å². The summed E-state index contributed by atoms with van der Waals surface area (Å²) in [5.41, 5.74) is -0.800. The van der Waals surface area contributed by atoms with E-state index >= 15 is 0 Å². The summed E-state index contributed by atoms with van der Waals surface area (Å²) in [7, 11) is 2.27. The van der Waals surface area contributed by atoms with Crippen LogP contribution in [0.5, 0.6) is 0 Å². The number of esters is 2. The first-order chi connectivity index (χ1) is 20.0. The molecule has 1 saturated heterocycles. The molecule has 6 amide bonds. The molecular formula is C28H33N5O9. The standard InChI is InChI=1S/C28H33N5O9/c1-5-16-17-9-10-18-21(25(38)32(23(18)36)14-20(35)42-4)22(17)28(2,26(39)30-13-19(34)41-3)33(24(16)37)27(40)31-12-15-8-6-7-11-29-15/h6-8,11,18,21-22H,5,9-10,12-14H2,1-4H3,(H,30,39)(H,31,40)/t18-,21-,22+,28+/m1/s1. The van der Waals surface area contributed by atoms with Gasteiger partial charge in [0.15, 0.2) is 0 Å². The molecule has 3 heterocycles. The third-order valence-corrected chi connectivity index (χ3v) is 8.25. The molecule has 0 spiro atoms. The van der Waals surface area contributed by atoms with E-state index in [0.717, 1.165) is 24.0 Å². The van der Waals surface area contributed by atoms with Gasteiger partial charge in [-0.25, -0.2) is 9.69 Å². The quantitative estimate of drug-likeness (QED) is 0.314. The summed E-state index contributed by atoms with van der Waals surface area (Å²) in [5, 5.41) is 5.07. The van der Waals surface area contributed by atoms with Crippen LogP contribution in [0.2, 0.25) is 0 Å². The molecule has 14 nitrogen and oxygen atoms in total. The van der Waals surface area contributed by atoms with Gasteiger partial charge in [-0.15, -0.1) is 0 Å². The van der Waals surface area contributed by atoms with Gasteiger partial charge in [-0.1, -0.05) is 18.6 Å². The minimum absolute atomic E-state index is 0.0671. The van der Waals surface area contributed by atoms with Crippen molar-refractivity contribution in [2.45, 2.75) is 45.2 Å². The summed E-state index contributed by atoms with van der Waals surface area (Å²) in [6, 6.07) is 4.17. The Hall–Kier alpha value is -4.62. The van der Waals surface area contributed by atoms with Crippen LogP contribution >= 0.6 is 0 Å². The number of likely N-dealkylation sites (tertiary alicyclic amines) is 1. The van der Waals surface area contributed by atoms with E-state index in [-0.39, 0.29) is 31.4 Å². The van der Waals surface area contributed by atoms with E-state index in [4.69, 9.17) is 0 Å². The monoisotopic (exact) mass is 583 g/mol. The summed E-state index contributed by atoms with van der Waals surface area (Å²) in [4.78, 5) is 98.6. The molecule has 42 heavy (non-hydrogen) atoms. The predicted molar refractivity (Wildman–Crippen MR) is 143 cm³/mol. The highest BCUT2D eigenvalue weighted by atomic mass is 16.5. The molecule has 2 N–H and O–H groups in total. The van der Waals surface area contributed by atoms with E-state index < -0.39 is 78.0 Å². The van der Waals surface area contributed by atoms with Crippen LogP contribution in [0, 0.1) is 17.8 Å². The Morgan fingerprint density at radius 2 is 1.76 bits per heavy atom. The van der Waals surface area contributed by atoms with E-state index in [1.165, 1.54) is 13.1 Å². The lowest BCUT2D eigenvalue weighted by atomic mass is 9.59. The Morgan fingerprint density at radius 3 is 2.38 bits per heavy atom. The fraction of sp³-hybridized carbons (Fsp3) is 0.500. The Labute approximate surface area is 241 Å². The van der Waals surface area contributed by atoms with Crippen LogP contribution < -0.4 is 10.6 Å². The van der Waals surface area contributed by atoms with Gasteiger partial charge >= 0.3 is 18.0 Å². The first-order valence-corrected chi connectivity index (χ1v) is 13.5. The van der Waals surface area contributed by atoms with Gasteiger partial charge in [0.25, 0.3) is 5.91 Å². The molecule has 2 fully saturated rings. The van der Waals surface area contributed by atoms with Crippen molar-refractivity contribution in [3.8, 4) is 0 Å². The van der Waals surface area contributed by atoms with E-state index in [0.29, 0.717) is 11.3 Å². The first kappa shape index (κ1) is 30.3. The van der Waals surface area contributed by atoms with Crippen LogP contribution in [0.25, 0.3) is 0 Å². The lowest BCUT2D eigenvalue weighted by Crippen LogP contribution is -2.71. The fourth-order valence-electron chi connectivity index (χ4n) is 6.25. The van der Waals surface area contributed by atoms with Crippen molar-refractivity contribution < 1.29 is 43.0 Å². The molecule has 0 bridgehead atoms. The number of amides is 6. The Morgan fingerprint density at radius 1 is 1.05 bits per heavy atom. The Bertz CT molecular complexity index is 1360. The van der Waals surface area contributed by atoms with Crippen molar-refractivity contribution in [3.05, 3.63) is 41.2 Å². The lowest BCUT2D eigenvalue weighted by molar-refractivity contribution is -0.153. The average molecular weight is 584 g/mol. The second kappa shape index (κ2) is 12.1. The first-order valence-electron chi connectivity index (χ1n) is 13.5. The molecule has 3 aliphatic rings. The summed E-state index contributed by atoms with van der Waals surface area (Å²) in [5.74, 6) is -7.64. The Balaban J connectivity index is 1.82. The third kappa shape index (κ3) is 5.12. The topological polar surface area (TPSA) is 181 Å². The van der Waals surface area contributed by atoms with Crippen LogP contribution in [0.15, 0.2) is 35.5 Å². The van der Waals surface area contributed by atoms with Gasteiger partial charge < -0.3 is 20.1 Å². The van der Waals surface area contributed by atoms with Gasteiger partial charge in [-0.05, 0) is 38.3 Å². The number of methoxy groups -OCH3 is 2. The molecule has 1 aliphatic carbocycles. The zero-order valence-corrected chi connectivity index (χ0v) is 23.8. The van der Waals surface area contributed by atoms with Gasteiger partial charge in [0.2, 0.25) is 17.7 Å². The summed E-state index contributed by atoms with van der Waals surface area (Å²) >= 11 is 0. The van der Waals surface area contributed by atoms with E-state index in [1.807, 2.05) is 0 Å². The lowest BCUT2D eigenvalue weighted by Gasteiger charge is -2.52. The van der Waals surface area contributed by atoms with Crippen LogP contribution in [-0.2, 0) is 44.8 Å². The molecule has 4 rings (SSSR count). The van der Waals surface area contributed by atoms with Crippen LogP contribution in [0.4, 0.5) is 4.79 Å². The van der Waals surface area contributed by atoms with Crippen molar-refractivity contribution in [1.82, 2.24) is 25.4 Å². The highest BCUT2D eigenvalue weighted by molar-refractivity contribution is 6.13. The fourth-order valence-corrected chi connectivity index (χ4v) is 6.25. The number of hydrogen-bond donors (Lipinski definition) is 2. The zero-order chi connectivity index (χ0) is 30.8. The highest BCUT2D eigenvalue weighted by Crippen LogP contribution is 2.54. The zero-order valence-electron chi connectivity index (χ0n) is 23.8. The molecule has 0 radical (unpaired) electrons. The maximum absolute atomic E-state index is 14.0. The molecule has 1 aromatic rings. The number of nitrogens with zero attached hydrogens (tertiary/aromatic N) is 3. The Kier molecular flexibility index (Phi) is 8.73. The number of fused-ring (bicyclic) bond motifs is 3. The largest absolute Gasteiger partial charge is 0.468 e. The molecule has 224 valence electrons. The number of imide groups is 2. The molecule has 0 unspecified atom stereocenters. The SMILES string of the molecule is CCC1=C2CC[C@H]3C(=O)N(CC(=O)OC)C(=O)[C@H]3[C@H]2[C@@](C)(C(=O)NCC(=O)OC)N(C(=O)NCc2ccccn2)C1=O. The van der Waals surface area contributed by atoms with Crippen LogP contribution in [0.1, 0.15) is 38.8 Å². The van der Waals surface area contributed by atoms with Gasteiger partial charge in [-0.3, -0.25) is 38.7 Å². The van der Waals surface area contributed by atoms with Crippen molar-refractivity contribution in [1.29, 1.82) is 0 Å². The van der Waals surface area contributed by atoms with Gasteiger partial charge in [0.05, 0.1) is 38.3 Å². The van der Waals surface area contributed by atoms with Crippen molar-refractivity contribution in [2.24, 2.45) is 17.8 Å². The van der Waals surface area contributed by atoms with Crippen molar-refractivity contribution in [3.63, 3.8) is 0 Å². The maximum Gasteiger partial charge on any atom is 0.325 e. The third-order valence-electron chi connectivity index (χ3n) is 8.25. The summed E-state index contributed by atoms with van der Waals surface area (Å²) in [6.45, 7) is 1.83. The van der Waals surface area contributed by atoms with E-state index in [1.54, 1.807) is 25.1 Å². The van der Waals surface area contributed by atoms with Crippen molar-refractivity contribution >= 4 is 41.6 Å². The number of urea groups is 1. The molecule has 1 saturated carbocycles. The second-order valence-corrected chi connectivity index (χ2v) is 10.4. The molecule has 4 atom stereocenters. The number of carbonyl (C=O) groups is 7. The van der Waals surface area contributed by atoms with Gasteiger partial charge in [-0.2, -0.15) is 0 Å². The minimum Gasteiger partial charge on any atom is -0.468 e. The predicted octanol–water partition coefficient (Wildman–Crippen LogP) is 0.0721. The normalized spacial score (nSPS) is 25.0. The molecule has 14 heteroatoms. The average Bonchev–Trinajstić information content (AvgIpc) is 3.23.